The molecule has 1 aliphatic heterocycles. The summed E-state index contributed by atoms with van der Waals surface area (Å²) in [5.74, 6) is -0.654. The number of para-hydroxylation sites is 2. The van der Waals surface area contributed by atoms with Crippen molar-refractivity contribution < 1.29 is 9.59 Å². The predicted octanol–water partition coefficient (Wildman–Crippen LogP) is 2.86. The summed E-state index contributed by atoms with van der Waals surface area (Å²) in [7, 11) is 0. The molecule has 0 saturated heterocycles. The number of nitriles is 1. The quantitative estimate of drug-likeness (QED) is 0.884. The van der Waals surface area contributed by atoms with Crippen LogP contribution in [0.2, 0.25) is 0 Å². The summed E-state index contributed by atoms with van der Waals surface area (Å²) in [6, 6.07) is 16.5. The minimum Gasteiger partial charge on any atom is -0.324 e. The van der Waals surface area contributed by atoms with Crippen molar-refractivity contribution in [3.05, 3.63) is 59.7 Å². The molecule has 1 atom stereocenters. The normalized spacial score (nSPS) is 15.5. The number of fused-ring (bicyclic) bond motifs is 1. The standard InChI is InChI=1S/C19H17N3O2/c1-13-10-14-6-3-5-9-17(14)22(13)19(24)11-18(23)21-16-8-4-2-7-15(16)12-20/h2-9,13H,10-11H2,1H3,(H,21,23). The van der Waals surface area contributed by atoms with Crippen molar-refractivity contribution in [1.29, 1.82) is 5.26 Å². The molecule has 2 amide bonds. The molecule has 120 valence electrons. The first-order valence-corrected chi connectivity index (χ1v) is 7.79. The van der Waals surface area contributed by atoms with Gasteiger partial charge in [0.25, 0.3) is 0 Å². The number of anilines is 2. The van der Waals surface area contributed by atoms with Gasteiger partial charge in [-0.15, -0.1) is 0 Å². The molecule has 24 heavy (non-hydrogen) atoms. The number of hydrogen-bond donors (Lipinski definition) is 1. The summed E-state index contributed by atoms with van der Waals surface area (Å²) < 4.78 is 0. The molecule has 2 aromatic rings. The lowest BCUT2D eigenvalue weighted by molar-refractivity contribution is -0.125. The molecule has 0 aromatic heterocycles. The van der Waals surface area contributed by atoms with Crippen LogP contribution < -0.4 is 10.2 Å². The maximum absolute atomic E-state index is 12.6. The smallest absolute Gasteiger partial charge is 0.236 e. The van der Waals surface area contributed by atoms with E-state index in [4.69, 9.17) is 5.26 Å². The first-order valence-electron chi connectivity index (χ1n) is 7.79. The molecule has 0 aliphatic carbocycles. The molecule has 0 saturated carbocycles. The molecule has 1 N–H and O–H groups in total. The summed E-state index contributed by atoms with van der Waals surface area (Å²) in [4.78, 5) is 26.5. The summed E-state index contributed by atoms with van der Waals surface area (Å²) in [5.41, 5.74) is 2.79. The fourth-order valence-corrected chi connectivity index (χ4v) is 3.05. The Morgan fingerprint density at radius 2 is 1.92 bits per heavy atom. The van der Waals surface area contributed by atoms with Gasteiger partial charge in [-0.2, -0.15) is 5.26 Å². The second-order valence-electron chi connectivity index (χ2n) is 5.83. The van der Waals surface area contributed by atoms with E-state index >= 15 is 0 Å². The first kappa shape index (κ1) is 15.8. The minimum atomic E-state index is -0.417. The lowest BCUT2D eigenvalue weighted by Crippen LogP contribution is -2.37. The van der Waals surface area contributed by atoms with Crippen molar-refractivity contribution in [3.8, 4) is 6.07 Å². The average molecular weight is 319 g/mol. The van der Waals surface area contributed by atoms with Crippen LogP contribution in [0.4, 0.5) is 11.4 Å². The van der Waals surface area contributed by atoms with Crippen LogP contribution in [-0.4, -0.2) is 17.9 Å². The van der Waals surface area contributed by atoms with Gasteiger partial charge < -0.3 is 10.2 Å². The zero-order chi connectivity index (χ0) is 17.1. The highest BCUT2D eigenvalue weighted by atomic mass is 16.2. The topological polar surface area (TPSA) is 73.2 Å². The van der Waals surface area contributed by atoms with Gasteiger partial charge in [-0.05, 0) is 37.1 Å². The summed E-state index contributed by atoms with van der Waals surface area (Å²) in [6.07, 6.45) is 0.541. The molecular weight excluding hydrogens is 302 g/mol. The third-order valence-electron chi connectivity index (χ3n) is 4.11. The van der Waals surface area contributed by atoms with Gasteiger partial charge in [0.05, 0.1) is 11.3 Å². The Balaban J connectivity index is 1.71. The van der Waals surface area contributed by atoms with Gasteiger partial charge in [-0.3, -0.25) is 9.59 Å². The molecule has 1 unspecified atom stereocenters. The van der Waals surface area contributed by atoms with E-state index in [0.29, 0.717) is 11.3 Å². The highest BCUT2D eigenvalue weighted by Gasteiger charge is 2.31. The largest absolute Gasteiger partial charge is 0.324 e. The Morgan fingerprint density at radius 3 is 2.71 bits per heavy atom. The Bertz CT molecular complexity index is 839. The molecule has 3 rings (SSSR count). The molecule has 0 fully saturated rings. The van der Waals surface area contributed by atoms with Crippen LogP contribution in [0.15, 0.2) is 48.5 Å². The number of rotatable bonds is 3. The van der Waals surface area contributed by atoms with E-state index in [2.05, 4.69) is 5.32 Å². The van der Waals surface area contributed by atoms with Crippen molar-refractivity contribution in [1.82, 2.24) is 0 Å². The van der Waals surface area contributed by atoms with E-state index in [9.17, 15) is 9.59 Å². The van der Waals surface area contributed by atoms with Gasteiger partial charge in [0.1, 0.15) is 12.5 Å². The highest BCUT2D eigenvalue weighted by molar-refractivity contribution is 6.10. The van der Waals surface area contributed by atoms with Gasteiger partial charge >= 0.3 is 0 Å². The molecule has 0 radical (unpaired) electrons. The van der Waals surface area contributed by atoms with Gasteiger partial charge in [-0.25, -0.2) is 0 Å². The molecule has 1 aliphatic rings. The maximum atomic E-state index is 12.6. The number of carbonyl (C=O) groups excluding carboxylic acids is 2. The fourth-order valence-electron chi connectivity index (χ4n) is 3.05. The van der Waals surface area contributed by atoms with Gasteiger partial charge in [0.15, 0.2) is 0 Å². The van der Waals surface area contributed by atoms with E-state index in [0.717, 1.165) is 17.7 Å². The van der Waals surface area contributed by atoms with Crippen molar-refractivity contribution in [2.45, 2.75) is 25.8 Å². The number of hydrogen-bond acceptors (Lipinski definition) is 3. The van der Waals surface area contributed by atoms with E-state index < -0.39 is 5.91 Å². The van der Waals surface area contributed by atoms with Crippen molar-refractivity contribution in [3.63, 3.8) is 0 Å². The zero-order valence-electron chi connectivity index (χ0n) is 13.3. The number of nitrogens with zero attached hydrogens (tertiary/aromatic N) is 2. The van der Waals surface area contributed by atoms with Crippen molar-refractivity contribution >= 4 is 23.2 Å². The number of nitrogens with one attached hydrogen (secondary N) is 1. The molecule has 0 bridgehead atoms. The monoisotopic (exact) mass is 319 g/mol. The Hall–Kier alpha value is -3.13. The van der Waals surface area contributed by atoms with Crippen molar-refractivity contribution in [2.75, 3.05) is 10.2 Å². The molecule has 5 heteroatoms. The lowest BCUT2D eigenvalue weighted by atomic mass is 10.1. The van der Waals surface area contributed by atoms with Gasteiger partial charge in [-0.1, -0.05) is 30.3 Å². The second-order valence-corrected chi connectivity index (χ2v) is 5.83. The Morgan fingerprint density at radius 1 is 1.21 bits per heavy atom. The van der Waals surface area contributed by atoms with E-state index in [1.165, 1.54) is 0 Å². The number of carbonyl (C=O) groups is 2. The lowest BCUT2D eigenvalue weighted by Gasteiger charge is -2.22. The highest BCUT2D eigenvalue weighted by Crippen LogP contribution is 2.32. The van der Waals surface area contributed by atoms with Crippen LogP contribution in [0.3, 0.4) is 0 Å². The molecular formula is C19H17N3O2. The van der Waals surface area contributed by atoms with Gasteiger partial charge in [0.2, 0.25) is 11.8 Å². The van der Waals surface area contributed by atoms with Crippen LogP contribution in [0.1, 0.15) is 24.5 Å². The SMILES string of the molecule is CC1Cc2ccccc2N1C(=O)CC(=O)Nc1ccccc1C#N. The minimum absolute atomic E-state index is 0.0362. The summed E-state index contributed by atoms with van der Waals surface area (Å²) in [6.45, 7) is 1.97. The van der Waals surface area contributed by atoms with Crippen LogP contribution >= 0.6 is 0 Å². The van der Waals surface area contributed by atoms with E-state index in [-0.39, 0.29) is 18.4 Å². The van der Waals surface area contributed by atoms with Crippen LogP contribution in [0.25, 0.3) is 0 Å². The van der Waals surface area contributed by atoms with Gasteiger partial charge in [0, 0.05) is 11.7 Å². The molecule has 0 spiro atoms. The van der Waals surface area contributed by atoms with Crippen LogP contribution in [0.5, 0.6) is 0 Å². The van der Waals surface area contributed by atoms with E-state index in [1.807, 2.05) is 37.3 Å². The maximum Gasteiger partial charge on any atom is 0.236 e. The Kier molecular flexibility index (Phi) is 4.30. The second kappa shape index (κ2) is 6.55. The van der Waals surface area contributed by atoms with Crippen molar-refractivity contribution in [2.24, 2.45) is 0 Å². The summed E-state index contributed by atoms with van der Waals surface area (Å²) in [5, 5.41) is 11.7. The molecule has 1 heterocycles. The number of benzene rings is 2. The third kappa shape index (κ3) is 2.99. The number of amides is 2. The third-order valence-corrected chi connectivity index (χ3v) is 4.11. The van der Waals surface area contributed by atoms with Crippen LogP contribution in [-0.2, 0) is 16.0 Å². The molecule has 2 aromatic carbocycles. The summed E-state index contributed by atoms with van der Waals surface area (Å²) >= 11 is 0. The average Bonchev–Trinajstić information content (AvgIpc) is 2.91. The Labute approximate surface area is 140 Å². The zero-order valence-corrected chi connectivity index (χ0v) is 13.3. The van der Waals surface area contributed by atoms with E-state index in [1.54, 1.807) is 29.2 Å². The predicted molar refractivity (Wildman–Crippen MR) is 91.5 cm³/mol. The molecule has 5 nitrogen and oxygen atoms in total. The fraction of sp³-hybridized carbons (Fsp3) is 0.211. The van der Waals surface area contributed by atoms with Crippen LogP contribution in [0, 0.1) is 11.3 Å². The first-order chi connectivity index (χ1) is 11.6.